The Kier molecular flexibility index (Phi) is 8.09. The fourth-order valence-electron chi connectivity index (χ4n) is 2.41. The van der Waals surface area contributed by atoms with Crippen molar-refractivity contribution in [3.05, 3.63) is 0 Å². The van der Waals surface area contributed by atoms with Crippen LogP contribution >= 0.6 is 0 Å². The maximum Gasteiger partial charge on any atom is 0.0521 e. The lowest BCUT2D eigenvalue weighted by molar-refractivity contribution is 0.0223. The summed E-state index contributed by atoms with van der Waals surface area (Å²) in [7, 11) is 1.85. The van der Waals surface area contributed by atoms with E-state index in [4.69, 9.17) is 4.74 Å². The van der Waals surface area contributed by atoms with Crippen LogP contribution in [0.5, 0.6) is 0 Å². The summed E-state index contributed by atoms with van der Waals surface area (Å²) in [6.45, 7) is 12.6. The molecule has 0 rings (SSSR count). The molecule has 0 saturated carbocycles. The van der Waals surface area contributed by atoms with Gasteiger partial charge >= 0.3 is 0 Å². The van der Waals surface area contributed by atoms with Crippen molar-refractivity contribution >= 4 is 0 Å². The van der Waals surface area contributed by atoms with E-state index in [0.29, 0.717) is 5.41 Å². The topological polar surface area (TPSA) is 9.23 Å². The monoisotopic (exact) mass is 228 g/mol. The Balaban J connectivity index is 4.50. The molecule has 0 bridgehead atoms. The van der Waals surface area contributed by atoms with E-state index in [2.05, 4.69) is 34.6 Å². The molecule has 16 heavy (non-hydrogen) atoms. The summed E-state index contributed by atoms with van der Waals surface area (Å²) in [6.07, 6.45) is 6.59. The van der Waals surface area contributed by atoms with Crippen LogP contribution in [0.2, 0.25) is 0 Å². The largest absolute Gasteiger partial charge is 0.384 e. The normalized spacial score (nSPS) is 15.8. The molecule has 0 aromatic heterocycles. The molecular weight excluding hydrogens is 196 g/mol. The van der Waals surface area contributed by atoms with Crippen molar-refractivity contribution in [3.63, 3.8) is 0 Å². The van der Waals surface area contributed by atoms with Gasteiger partial charge in [0, 0.05) is 7.11 Å². The summed E-state index contributed by atoms with van der Waals surface area (Å²) < 4.78 is 5.50. The van der Waals surface area contributed by atoms with Gasteiger partial charge in [-0.3, -0.25) is 0 Å². The van der Waals surface area contributed by atoms with E-state index >= 15 is 0 Å². The second kappa shape index (κ2) is 8.11. The number of hydrogen-bond acceptors (Lipinski definition) is 1. The first-order chi connectivity index (χ1) is 7.48. The highest BCUT2D eigenvalue weighted by molar-refractivity contribution is 4.82. The molecule has 0 N–H and O–H groups in total. The van der Waals surface area contributed by atoms with Crippen LogP contribution in [0.15, 0.2) is 0 Å². The Bertz CT molecular complexity index is 163. The maximum absolute atomic E-state index is 5.50. The SMILES string of the molecule is CCCCC(CCC(C)C)(COC)C(C)C. The highest BCUT2D eigenvalue weighted by atomic mass is 16.5. The van der Waals surface area contributed by atoms with Crippen molar-refractivity contribution in [2.24, 2.45) is 17.3 Å². The fourth-order valence-corrected chi connectivity index (χ4v) is 2.41. The molecule has 0 aromatic rings. The summed E-state index contributed by atoms with van der Waals surface area (Å²) in [5.74, 6) is 1.52. The highest BCUT2D eigenvalue weighted by Crippen LogP contribution is 2.39. The van der Waals surface area contributed by atoms with Crippen molar-refractivity contribution in [1.29, 1.82) is 0 Å². The van der Waals surface area contributed by atoms with Crippen LogP contribution in [0.3, 0.4) is 0 Å². The second-order valence-corrected chi connectivity index (χ2v) is 5.99. The van der Waals surface area contributed by atoms with E-state index in [1.807, 2.05) is 7.11 Å². The molecule has 1 unspecified atom stereocenters. The molecule has 0 aliphatic carbocycles. The average molecular weight is 228 g/mol. The Morgan fingerprint density at radius 1 is 1.06 bits per heavy atom. The van der Waals surface area contributed by atoms with Crippen LogP contribution in [0, 0.1) is 17.3 Å². The van der Waals surface area contributed by atoms with Crippen LogP contribution in [0.4, 0.5) is 0 Å². The summed E-state index contributed by atoms with van der Waals surface area (Å²) >= 11 is 0. The Morgan fingerprint density at radius 3 is 2.06 bits per heavy atom. The van der Waals surface area contributed by atoms with E-state index < -0.39 is 0 Å². The van der Waals surface area contributed by atoms with Crippen molar-refractivity contribution in [2.45, 2.75) is 66.7 Å². The highest BCUT2D eigenvalue weighted by Gasteiger charge is 2.32. The van der Waals surface area contributed by atoms with Crippen molar-refractivity contribution < 1.29 is 4.74 Å². The van der Waals surface area contributed by atoms with E-state index in [1.54, 1.807) is 0 Å². The van der Waals surface area contributed by atoms with Crippen molar-refractivity contribution in [2.75, 3.05) is 13.7 Å². The van der Waals surface area contributed by atoms with Gasteiger partial charge in [-0.05, 0) is 30.1 Å². The zero-order valence-corrected chi connectivity index (χ0v) is 12.3. The number of ether oxygens (including phenoxy) is 1. The first kappa shape index (κ1) is 16.0. The number of rotatable bonds is 9. The maximum atomic E-state index is 5.50. The van der Waals surface area contributed by atoms with Gasteiger partial charge in [0.05, 0.1) is 6.61 Å². The minimum absolute atomic E-state index is 0.412. The molecule has 0 radical (unpaired) electrons. The standard InChI is InChI=1S/C15H32O/c1-7-8-10-15(12-16-6,14(4)5)11-9-13(2)3/h13-14H,7-12H2,1-6H3. The van der Waals surface area contributed by atoms with E-state index in [-0.39, 0.29) is 0 Å². The molecule has 1 heteroatoms. The predicted octanol–water partition coefficient (Wildman–Crippen LogP) is 4.90. The smallest absolute Gasteiger partial charge is 0.0521 e. The third-order valence-electron chi connectivity index (χ3n) is 3.90. The Morgan fingerprint density at radius 2 is 1.69 bits per heavy atom. The molecule has 0 spiro atoms. The van der Waals surface area contributed by atoms with Crippen LogP contribution in [-0.4, -0.2) is 13.7 Å². The molecule has 0 aromatic carbocycles. The molecule has 0 fully saturated rings. The van der Waals surface area contributed by atoms with Crippen LogP contribution in [0.25, 0.3) is 0 Å². The van der Waals surface area contributed by atoms with Gasteiger partial charge in [-0.2, -0.15) is 0 Å². The van der Waals surface area contributed by atoms with Gasteiger partial charge < -0.3 is 4.74 Å². The first-order valence-electron chi connectivity index (χ1n) is 6.97. The van der Waals surface area contributed by atoms with Gasteiger partial charge in [0.25, 0.3) is 0 Å². The lowest BCUT2D eigenvalue weighted by Gasteiger charge is -2.38. The second-order valence-electron chi connectivity index (χ2n) is 5.99. The van der Waals surface area contributed by atoms with Gasteiger partial charge in [0.2, 0.25) is 0 Å². The third kappa shape index (κ3) is 5.34. The molecule has 1 nitrogen and oxygen atoms in total. The van der Waals surface area contributed by atoms with Gasteiger partial charge in [-0.25, -0.2) is 0 Å². The lowest BCUT2D eigenvalue weighted by Crippen LogP contribution is -2.33. The first-order valence-corrected chi connectivity index (χ1v) is 6.97. The molecule has 0 aliphatic heterocycles. The van der Waals surface area contributed by atoms with Crippen molar-refractivity contribution in [3.8, 4) is 0 Å². The van der Waals surface area contributed by atoms with Gasteiger partial charge in [0.15, 0.2) is 0 Å². The Labute approximate surface area is 103 Å². The predicted molar refractivity (Wildman–Crippen MR) is 72.7 cm³/mol. The molecular formula is C15H32O. The minimum atomic E-state index is 0.412. The lowest BCUT2D eigenvalue weighted by atomic mass is 9.70. The quantitative estimate of drug-likeness (QED) is 0.545. The molecule has 0 amide bonds. The summed E-state index contributed by atoms with van der Waals surface area (Å²) in [6, 6.07) is 0. The number of hydrogen-bond donors (Lipinski definition) is 0. The number of unbranched alkanes of at least 4 members (excludes halogenated alkanes) is 1. The number of methoxy groups -OCH3 is 1. The van der Waals surface area contributed by atoms with Crippen LogP contribution < -0.4 is 0 Å². The van der Waals surface area contributed by atoms with E-state index in [0.717, 1.165) is 18.4 Å². The van der Waals surface area contributed by atoms with Crippen LogP contribution in [0.1, 0.15) is 66.7 Å². The Hall–Kier alpha value is -0.0400. The zero-order valence-electron chi connectivity index (χ0n) is 12.3. The van der Waals surface area contributed by atoms with Gasteiger partial charge in [-0.1, -0.05) is 53.9 Å². The average Bonchev–Trinajstić information content (AvgIpc) is 2.22. The molecule has 98 valence electrons. The third-order valence-corrected chi connectivity index (χ3v) is 3.90. The fraction of sp³-hybridized carbons (Fsp3) is 1.00. The van der Waals surface area contributed by atoms with Crippen molar-refractivity contribution in [1.82, 2.24) is 0 Å². The zero-order chi connectivity index (χ0) is 12.6. The van der Waals surface area contributed by atoms with Gasteiger partial charge in [-0.15, -0.1) is 0 Å². The molecule has 0 heterocycles. The molecule has 0 aliphatic rings. The summed E-state index contributed by atoms with van der Waals surface area (Å²) in [4.78, 5) is 0. The minimum Gasteiger partial charge on any atom is -0.384 e. The summed E-state index contributed by atoms with van der Waals surface area (Å²) in [5, 5.41) is 0. The van der Waals surface area contributed by atoms with Gasteiger partial charge in [0.1, 0.15) is 0 Å². The summed E-state index contributed by atoms with van der Waals surface area (Å²) in [5.41, 5.74) is 0.412. The van der Waals surface area contributed by atoms with Crippen LogP contribution in [-0.2, 0) is 4.74 Å². The molecule has 1 atom stereocenters. The van der Waals surface area contributed by atoms with E-state index in [9.17, 15) is 0 Å². The van der Waals surface area contributed by atoms with E-state index in [1.165, 1.54) is 32.1 Å². The molecule has 0 saturated heterocycles.